The number of aromatic nitrogens is 1. The number of amides is 1. The molecule has 11 nitrogen and oxygen atoms in total. The third kappa shape index (κ3) is 4.62. The summed E-state index contributed by atoms with van der Waals surface area (Å²) in [5.41, 5.74) is -0.265. The molecule has 0 saturated heterocycles. The fraction of sp³-hybridized carbons (Fsp3) is 0.182. The summed E-state index contributed by atoms with van der Waals surface area (Å²) in [6.45, 7) is -0.421. The molecule has 0 unspecified atom stereocenters. The topological polar surface area (TPSA) is 154 Å². The first-order valence-corrected chi connectivity index (χ1v) is 11.5. The number of hydrogen-bond acceptors (Lipinski definition) is 9. The number of sulfonamides is 1. The Morgan fingerprint density at radius 1 is 1.18 bits per heavy atom. The predicted octanol–water partition coefficient (Wildman–Crippen LogP) is 2.20. The highest BCUT2D eigenvalue weighted by atomic mass is 32.2. The second-order valence-electron chi connectivity index (χ2n) is 7.17. The van der Waals surface area contributed by atoms with Gasteiger partial charge in [0.05, 0.1) is 30.3 Å². The minimum atomic E-state index is -4.20. The van der Waals surface area contributed by atoms with E-state index in [1.165, 1.54) is 31.7 Å². The Hall–Kier alpha value is -4.19. The van der Waals surface area contributed by atoms with Gasteiger partial charge in [0.1, 0.15) is 12.4 Å². The van der Waals surface area contributed by atoms with Crippen LogP contribution in [0.15, 0.2) is 58.3 Å². The normalized spacial score (nSPS) is 12.7. The Labute approximate surface area is 194 Å². The molecule has 0 atom stereocenters. The van der Waals surface area contributed by atoms with Gasteiger partial charge in [-0.3, -0.25) is 19.1 Å². The van der Waals surface area contributed by atoms with Crippen molar-refractivity contribution in [2.75, 3.05) is 23.8 Å². The Morgan fingerprint density at radius 3 is 2.68 bits per heavy atom. The highest BCUT2D eigenvalue weighted by Gasteiger charge is 2.35. The molecule has 2 aromatic heterocycles. The standard InChI is InChI=1S/C22H19N3O8S/c1-31-21-18-15(19(27)22(28)24-18)11-16(25-34(29,30)17-6-2-3-9-23-17)20(21)33-12-13(26)7-8-14-5-4-10-32-14/h2-6,9-11,25H,7-8,12H2,1H3,(H,24,27,28). The molecule has 34 heavy (non-hydrogen) atoms. The molecule has 0 saturated carbocycles. The molecular formula is C22H19N3O8S. The third-order valence-electron chi connectivity index (χ3n) is 4.89. The number of carbonyl (C=O) groups is 3. The van der Waals surface area contributed by atoms with Crippen molar-refractivity contribution in [2.24, 2.45) is 0 Å². The van der Waals surface area contributed by atoms with Crippen LogP contribution in [0.4, 0.5) is 11.4 Å². The van der Waals surface area contributed by atoms with Crippen LogP contribution < -0.4 is 19.5 Å². The number of pyridine rings is 1. The van der Waals surface area contributed by atoms with Crippen molar-refractivity contribution in [3.05, 3.63) is 60.2 Å². The van der Waals surface area contributed by atoms with E-state index >= 15 is 0 Å². The number of anilines is 2. The number of rotatable bonds is 10. The Balaban J connectivity index is 1.66. The average Bonchev–Trinajstić information content (AvgIpc) is 3.45. The second kappa shape index (κ2) is 9.35. The first kappa shape index (κ1) is 23.0. The lowest BCUT2D eigenvalue weighted by Gasteiger charge is -2.18. The predicted molar refractivity (Wildman–Crippen MR) is 119 cm³/mol. The number of benzene rings is 1. The van der Waals surface area contributed by atoms with Crippen molar-refractivity contribution in [3.63, 3.8) is 0 Å². The summed E-state index contributed by atoms with van der Waals surface area (Å²) >= 11 is 0. The first-order chi connectivity index (χ1) is 16.3. The van der Waals surface area contributed by atoms with Crippen LogP contribution in [0.25, 0.3) is 0 Å². The third-order valence-corrected chi connectivity index (χ3v) is 6.18. The van der Waals surface area contributed by atoms with Gasteiger partial charge < -0.3 is 19.2 Å². The van der Waals surface area contributed by atoms with Crippen molar-refractivity contribution in [3.8, 4) is 11.5 Å². The molecule has 0 aliphatic carbocycles. The second-order valence-corrected chi connectivity index (χ2v) is 8.80. The van der Waals surface area contributed by atoms with Crippen molar-refractivity contribution in [2.45, 2.75) is 17.9 Å². The van der Waals surface area contributed by atoms with Crippen LogP contribution in [0.1, 0.15) is 22.5 Å². The molecule has 3 aromatic rings. The Morgan fingerprint density at radius 2 is 2.00 bits per heavy atom. The molecule has 0 radical (unpaired) electrons. The summed E-state index contributed by atoms with van der Waals surface area (Å²) in [5.74, 6) is -1.70. The molecule has 4 rings (SSSR count). The largest absolute Gasteiger partial charge is 0.491 e. The van der Waals surface area contributed by atoms with Gasteiger partial charge in [-0.15, -0.1) is 0 Å². The fourth-order valence-electron chi connectivity index (χ4n) is 3.30. The molecule has 0 fully saturated rings. The minimum absolute atomic E-state index is 0.0244. The molecule has 1 amide bonds. The van der Waals surface area contributed by atoms with Crippen LogP contribution >= 0.6 is 0 Å². The number of aryl methyl sites for hydroxylation is 1. The Kier molecular flexibility index (Phi) is 6.32. The van der Waals surface area contributed by atoms with Crippen molar-refractivity contribution in [1.82, 2.24) is 4.98 Å². The van der Waals surface area contributed by atoms with Crippen LogP contribution in [-0.2, 0) is 26.0 Å². The van der Waals surface area contributed by atoms with E-state index < -0.39 is 28.3 Å². The van der Waals surface area contributed by atoms with Gasteiger partial charge in [0.2, 0.25) is 0 Å². The van der Waals surface area contributed by atoms with E-state index in [2.05, 4.69) is 15.0 Å². The molecule has 3 heterocycles. The van der Waals surface area contributed by atoms with Crippen molar-refractivity contribution >= 4 is 38.9 Å². The lowest BCUT2D eigenvalue weighted by molar-refractivity contribution is -0.121. The van der Waals surface area contributed by atoms with Gasteiger partial charge in [-0.2, -0.15) is 8.42 Å². The maximum atomic E-state index is 12.9. The van der Waals surface area contributed by atoms with Gasteiger partial charge in [0.25, 0.3) is 21.7 Å². The van der Waals surface area contributed by atoms with E-state index in [1.54, 1.807) is 18.2 Å². The number of carbonyl (C=O) groups excluding carboxylic acids is 3. The van der Waals surface area contributed by atoms with Crippen LogP contribution in [0, 0.1) is 0 Å². The van der Waals surface area contributed by atoms with E-state index in [-0.39, 0.29) is 45.7 Å². The number of ketones is 2. The zero-order valence-electron chi connectivity index (χ0n) is 17.9. The van der Waals surface area contributed by atoms with Gasteiger partial charge in [-0.25, -0.2) is 4.98 Å². The lowest BCUT2D eigenvalue weighted by Crippen LogP contribution is -2.18. The maximum absolute atomic E-state index is 12.9. The van der Waals surface area contributed by atoms with E-state index in [9.17, 15) is 22.8 Å². The molecule has 0 spiro atoms. The zero-order chi connectivity index (χ0) is 24.3. The van der Waals surface area contributed by atoms with Crippen LogP contribution in [-0.4, -0.2) is 44.6 Å². The Bertz CT molecular complexity index is 1350. The molecular weight excluding hydrogens is 466 g/mol. The molecule has 12 heteroatoms. The summed E-state index contributed by atoms with van der Waals surface area (Å²) in [4.78, 5) is 40.4. The average molecular weight is 485 g/mol. The summed E-state index contributed by atoms with van der Waals surface area (Å²) in [6, 6.07) is 8.93. The van der Waals surface area contributed by atoms with Crippen LogP contribution in [0.2, 0.25) is 0 Å². The number of hydrogen-bond donors (Lipinski definition) is 2. The smallest absolute Gasteiger partial charge is 0.296 e. The summed E-state index contributed by atoms with van der Waals surface area (Å²) in [5, 5.41) is 2.10. The number of ether oxygens (including phenoxy) is 2. The highest BCUT2D eigenvalue weighted by Crippen LogP contribution is 2.46. The minimum Gasteiger partial charge on any atom is -0.491 e. The van der Waals surface area contributed by atoms with Crippen molar-refractivity contribution < 1.29 is 36.7 Å². The number of nitrogens with zero attached hydrogens (tertiary/aromatic N) is 1. The molecule has 1 aromatic carbocycles. The van der Waals surface area contributed by atoms with E-state index in [1.807, 2.05) is 0 Å². The number of fused-ring (bicyclic) bond motifs is 1. The van der Waals surface area contributed by atoms with Crippen LogP contribution in [0.3, 0.4) is 0 Å². The van der Waals surface area contributed by atoms with E-state index in [0.29, 0.717) is 12.2 Å². The van der Waals surface area contributed by atoms with Gasteiger partial charge in [-0.1, -0.05) is 6.07 Å². The van der Waals surface area contributed by atoms with Crippen LogP contribution in [0.5, 0.6) is 11.5 Å². The number of Topliss-reactive ketones (excluding diaryl/α,β-unsaturated/α-hetero) is 2. The zero-order valence-corrected chi connectivity index (χ0v) is 18.7. The molecule has 1 aliphatic rings. The maximum Gasteiger partial charge on any atom is 0.296 e. The number of methoxy groups -OCH3 is 1. The first-order valence-electron chi connectivity index (χ1n) is 10.0. The number of furan rings is 1. The molecule has 176 valence electrons. The van der Waals surface area contributed by atoms with Gasteiger partial charge in [0.15, 0.2) is 22.3 Å². The quantitative estimate of drug-likeness (QED) is 0.411. The van der Waals surface area contributed by atoms with Gasteiger partial charge >= 0.3 is 0 Å². The SMILES string of the molecule is COc1c2c(cc(NS(=O)(=O)c3ccccn3)c1OCC(=O)CCc1ccco1)C(=O)C(=O)N2. The molecule has 2 N–H and O–H groups in total. The van der Waals surface area contributed by atoms with Gasteiger partial charge in [-0.05, 0) is 30.3 Å². The fourth-order valence-corrected chi connectivity index (χ4v) is 4.30. The lowest BCUT2D eigenvalue weighted by atomic mass is 10.1. The molecule has 0 bridgehead atoms. The van der Waals surface area contributed by atoms with E-state index in [0.717, 1.165) is 6.07 Å². The molecule has 1 aliphatic heterocycles. The monoisotopic (exact) mass is 485 g/mol. The van der Waals surface area contributed by atoms with Gasteiger partial charge in [0, 0.05) is 19.0 Å². The highest BCUT2D eigenvalue weighted by molar-refractivity contribution is 7.92. The summed E-state index contributed by atoms with van der Waals surface area (Å²) < 4.78 is 44.2. The number of nitrogens with one attached hydrogen (secondary N) is 2. The summed E-state index contributed by atoms with van der Waals surface area (Å²) in [7, 11) is -2.94. The summed E-state index contributed by atoms with van der Waals surface area (Å²) in [6.07, 6.45) is 3.28. The van der Waals surface area contributed by atoms with E-state index in [4.69, 9.17) is 13.9 Å². The van der Waals surface area contributed by atoms with Crippen molar-refractivity contribution in [1.29, 1.82) is 0 Å².